The second kappa shape index (κ2) is 9.73. The molecule has 2 aromatic rings. The zero-order valence-electron chi connectivity index (χ0n) is 13.8. The summed E-state index contributed by atoms with van der Waals surface area (Å²) >= 11 is 0. The van der Waals surface area contributed by atoms with E-state index in [2.05, 4.69) is 21.1 Å². The number of halogens is 6. The molecule has 2 aromatic carbocycles. The number of benzene rings is 2. The van der Waals surface area contributed by atoms with Gasteiger partial charge < -0.3 is 0 Å². The smallest absolute Gasteiger partial charge is 0.277 e. The number of anilines is 2. The van der Waals surface area contributed by atoms with Crippen molar-refractivity contribution in [2.45, 2.75) is 12.4 Å². The van der Waals surface area contributed by atoms with E-state index in [0.29, 0.717) is 0 Å². The molecule has 0 aliphatic carbocycles. The molecular weight excluding hydrogens is 426 g/mol. The van der Waals surface area contributed by atoms with Crippen LogP contribution in [0.4, 0.5) is 37.7 Å². The summed E-state index contributed by atoms with van der Waals surface area (Å²) < 4.78 is 78.5. The second-order valence-corrected chi connectivity index (χ2v) is 7.06. The maximum Gasteiger partial charge on any atom is 0.442 e. The number of nitrogens with one attached hydrogen (secondary N) is 2. The van der Waals surface area contributed by atoms with E-state index in [0.717, 1.165) is 0 Å². The molecule has 0 atom stereocenters. The van der Waals surface area contributed by atoms with Gasteiger partial charge in [-0.3, -0.25) is 10.9 Å². The van der Waals surface area contributed by atoms with Gasteiger partial charge in [0.1, 0.15) is 0 Å². The van der Waals surface area contributed by atoms with Gasteiger partial charge in [-0.15, -0.1) is 0 Å². The van der Waals surface area contributed by atoms with Crippen molar-refractivity contribution in [3.63, 3.8) is 0 Å². The maximum absolute atomic E-state index is 13.1. The molecular formula is C16H12F6N4S2. The Balaban J connectivity index is 2.12. The Morgan fingerprint density at radius 3 is 1.21 bits per heavy atom. The van der Waals surface area contributed by atoms with Crippen molar-refractivity contribution in [2.75, 3.05) is 10.9 Å². The molecule has 0 heterocycles. The first-order chi connectivity index (χ1) is 13.2. The minimum Gasteiger partial charge on any atom is -0.277 e. The van der Waals surface area contributed by atoms with Crippen LogP contribution in [0.3, 0.4) is 0 Å². The fraction of sp³-hybridized carbons (Fsp3) is 0.125. The van der Waals surface area contributed by atoms with Crippen molar-refractivity contribution in [1.29, 1.82) is 0 Å². The SMILES string of the molecule is FC(F)(F)/C(=N\Nc1ccccc1)SS/C(=N/Nc1ccccc1)C(F)(F)F. The summed E-state index contributed by atoms with van der Waals surface area (Å²) in [6.45, 7) is 0. The van der Waals surface area contributed by atoms with Crippen molar-refractivity contribution in [1.82, 2.24) is 0 Å². The monoisotopic (exact) mass is 438 g/mol. The number of hydrogen-bond acceptors (Lipinski definition) is 6. The summed E-state index contributed by atoms with van der Waals surface area (Å²) in [5.41, 5.74) is 4.85. The summed E-state index contributed by atoms with van der Waals surface area (Å²) in [6, 6.07) is 15.4. The van der Waals surface area contributed by atoms with E-state index >= 15 is 0 Å². The molecule has 0 radical (unpaired) electrons. The van der Waals surface area contributed by atoms with Gasteiger partial charge in [0.25, 0.3) is 0 Å². The van der Waals surface area contributed by atoms with Crippen LogP contribution in [0.1, 0.15) is 0 Å². The highest BCUT2D eigenvalue weighted by molar-refractivity contribution is 8.87. The van der Waals surface area contributed by atoms with E-state index in [4.69, 9.17) is 0 Å². The molecule has 0 aliphatic rings. The van der Waals surface area contributed by atoms with E-state index in [1.165, 1.54) is 24.3 Å². The first kappa shape index (κ1) is 22.0. The third kappa shape index (κ3) is 7.35. The fourth-order valence-electron chi connectivity index (χ4n) is 1.59. The minimum atomic E-state index is -4.94. The highest BCUT2D eigenvalue weighted by Gasteiger charge is 2.42. The second-order valence-electron chi connectivity index (χ2n) is 4.95. The molecule has 0 fully saturated rings. The van der Waals surface area contributed by atoms with Gasteiger partial charge in [0.15, 0.2) is 0 Å². The molecule has 0 bridgehead atoms. The van der Waals surface area contributed by atoms with E-state index in [-0.39, 0.29) is 33.0 Å². The summed E-state index contributed by atoms with van der Waals surface area (Å²) in [7, 11) is -0.388. The standard InChI is InChI=1S/C16H12F6N4S2/c17-15(18,19)13(25-23-11-7-3-1-4-8-11)27-28-14(16(20,21)22)26-24-12-9-5-2-6-10-12/h1-10,23-24H/b25-13+,26-14+. The Bertz CT molecular complexity index is 738. The Kier molecular flexibility index (Phi) is 7.63. The van der Waals surface area contributed by atoms with Gasteiger partial charge in [0, 0.05) is 0 Å². The van der Waals surface area contributed by atoms with E-state index in [9.17, 15) is 26.3 Å². The van der Waals surface area contributed by atoms with Crippen molar-refractivity contribution in [3.05, 3.63) is 60.7 Å². The third-order valence-corrected chi connectivity index (χ3v) is 5.05. The molecule has 0 spiro atoms. The van der Waals surface area contributed by atoms with Gasteiger partial charge >= 0.3 is 12.4 Å². The van der Waals surface area contributed by atoms with Crippen LogP contribution in [0.25, 0.3) is 0 Å². The lowest BCUT2D eigenvalue weighted by atomic mass is 10.3. The van der Waals surface area contributed by atoms with Gasteiger partial charge in [-0.2, -0.15) is 36.5 Å². The predicted molar refractivity (Wildman–Crippen MR) is 102 cm³/mol. The number of nitrogens with zero attached hydrogens (tertiary/aromatic N) is 2. The lowest BCUT2D eigenvalue weighted by Gasteiger charge is -2.13. The lowest BCUT2D eigenvalue weighted by molar-refractivity contribution is -0.0565. The minimum absolute atomic E-state index is 0.194. The first-order valence-corrected chi connectivity index (χ1v) is 9.57. The molecule has 0 aromatic heterocycles. The average Bonchev–Trinajstić information content (AvgIpc) is 2.63. The molecule has 150 valence electrons. The first-order valence-electron chi connectivity index (χ1n) is 7.42. The van der Waals surface area contributed by atoms with E-state index < -0.39 is 22.4 Å². The number of rotatable bonds is 4. The van der Waals surface area contributed by atoms with Crippen LogP contribution in [0, 0.1) is 0 Å². The van der Waals surface area contributed by atoms with Gasteiger partial charge in [0.2, 0.25) is 10.1 Å². The average molecular weight is 438 g/mol. The number of alkyl halides is 6. The van der Waals surface area contributed by atoms with Gasteiger partial charge in [-0.05, 0) is 45.9 Å². The molecule has 0 saturated heterocycles. The quantitative estimate of drug-likeness (QED) is 0.192. The van der Waals surface area contributed by atoms with Crippen molar-refractivity contribution >= 4 is 43.1 Å². The van der Waals surface area contributed by atoms with Crippen molar-refractivity contribution in [2.24, 2.45) is 10.2 Å². The summed E-state index contributed by atoms with van der Waals surface area (Å²) in [5.74, 6) is 0. The topological polar surface area (TPSA) is 48.8 Å². The molecule has 0 amide bonds. The molecule has 2 rings (SSSR count). The van der Waals surface area contributed by atoms with Crippen LogP contribution >= 0.6 is 21.6 Å². The van der Waals surface area contributed by atoms with Crippen molar-refractivity contribution < 1.29 is 26.3 Å². The highest BCUT2D eigenvalue weighted by atomic mass is 33.1. The van der Waals surface area contributed by atoms with Crippen LogP contribution < -0.4 is 10.9 Å². The summed E-state index contributed by atoms with van der Waals surface area (Å²) in [5, 5.41) is 3.38. The molecule has 28 heavy (non-hydrogen) atoms. The Morgan fingerprint density at radius 2 is 0.929 bits per heavy atom. The predicted octanol–water partition coefficient (Wildman–Crippen LogP) is 6.34. The number of hydrazone groups is 2. The van der Waals surface area contributed by atoms with Crippen molar-refractivity contribution in [3.8, 4) is 0 Å². The fourth-order valence-corrected chi connectivity index (χ4v) is 3.37. The maximum atomic E-state index is 13.1. The van der Waals surface area contributed by atoms with Crippen LogP contribution in [-0.2, 0) is 0 Å². The van der Waals surface area contributed by atoms with Gasteiger partial charge in [0.05, 0.1) is 11.4 Å². The van der Waals surface area contributed by atoms with Gasteiger partial charge in [-0.25, -0.2) is 0 Å². The van der Waals surface area contributed by atoms with Crippen LogP contribution in [0.15, 0.2) is 70.9 Å². The zero-order valence-corrected chi connectivity index (χ0v) is 15.4. The Labute approximate surface area is 163 Å². The molecule has 0 unspecified atom stereocenters. The largest absolute Gasteiger partial charge is 0.442 e. The van der Waals surface area contributed by atoms with Crippen LogP contribution in [-0.4, -0.2) is 22.4 Å². The van der Waals surface area contributed by atoms with Crippen LogP contribution in [0.5, 0.6) is 0 Å². The summed E-state index contributed by atoms with van der Waals surface area (Å²) in [4.78, 5) is 0. The normalized spacial score (nSPS) is 13.4. The van der Waals surface area contributed by atoms with E-state index in [1.54, 1.807) is 36.4 Å². The van der Waals surface area contributed by atoms with E-state index in [1.807, 2.05) is 0 Å². The molecule has 0 saturated carbocycles. The number of hydrogen-bond donors (Lipinski definition) is 2. The lowest BCUT2D eigenvalue weighted by Crippen LogP contribution is -2.23. The molecule has 4 nitrogen and oxygen atoms in total. The Morgan fingerprint density at radius 1 is 0.607 bits per heavy atom. The molecule has 2 N–H and O–H groups in total. The highest BCUT2D eigenvalue weighted by Crippen LogP contribution is 2.38. The Hall–Kier alpha value is -2.34. The zero-order chi connectivity index (χ0) is 20.6. The molecule has 12 heteroatoms. The number of para-hydroxylation sites is 2. The third-order valence-electron chi connectivity index (χ3n) is 2.81. The molecule has 0 aliphatic heterocycles. The van der Waals surface area contributed by atoms with Crippen LogP contribution in [0.2, 0.25) is 0 Å². The van der Waals surface area contributed by atoms with Gasteiger partial charge in [-0.1, -0.05) is 36.4 Å². The summed E-state index contributed by atoms with van der Waals surface area (Å²) in [6.07, 6.45) is -9.88.